The van der Waals surface area contributed by atoms with E-state index in [4.69, 9.17) is 0 Å². The highest BCUT2D eigenvalue weighted by Gasteiger charge is 2.13. The van der Waals surface area contributed by atoms with Gasteiger partial charge in [-0.2, -0.15) is 10.2 Å². The normalized spacial score (nSPS) is 14.3. The lowest BCUT2D eigenvalue weighted by atomic mass is 10.1. The fraction of sp³-hybridized carbons (Fsp3) is 0.250. The van der Waals surface area contributed by atoms with E-state index in [1.165, 1.54) is 0 Å². The molecule has 0 amide bonds. The molecule has 4 N–H and O–H groups in total. The van der Waals surface area contributed by atoms with Gasteiger partial charge in [0.2, 0.25) is 0 Å². The van der Waals surface area contributed by atoms with E-state index in [9.17, 15) is 0 Å². The molecule has 0 atom stereocenters. The summed E-state index contributed by atoms with van der Waals surface area (Å²) in [4.78, 5) is 0. The van der Waals surface area contributed by atoms with Crippen LogP contribution < -0.4 is 10.6 Å². The number of H-pyrrole nitrogens is 2. The van der Waals surface area contributed by atoms with Crippen LogP contribution in [0.5, 0.6) is 0 Å². The van der Waals surface area contributed by atoms with Crippen LogP contribution in [0.25, 0.3) is 0 Å². The van der Waals surface area contributed by atoms with Crippen molar-refractivity contribution < 1.29 is 0 Å². The largest absolute Gasteiger partial charge is 0.353 e. The molecule has 72 valence electrons. The van der Waals surface area contributed by atoms with Gasteiger partial charge in [0.05, 0.1) is 19.1 Å². The van der Waals surface area contributed by atoms with Crippen LogP contribution in [0.4, 0.5) is 11.6 Å². The van der Waals surface area contributed by atoms with Crippen molar-refractivity contribution in [3.8, 4) is 0 Å². The summed E-state index contributed by atoms with van der Waals surface area (Å²) < 4.78 is 0. The van der Waals surface area contributed by atoms with Crippen molar-refractivity contribution in [3.63, 3.8) is 0 Å². The maximum atomic E-state index is 4.00. The Balaban J connectivity index is 2.05. The minimum Gasteiger partial charge on any atom is -0.353 e. The van der Waals surface area contributed by atoms with Crippen molar-refractivity contribution in [1.29, 1.82) is 0 Å². The van der Waals surface area contributed by atoms with Crippen LogP contribution >= 0.6 is 0 Å². The van der Waals surface area contributed by atoms with Gasteiger partial charge in [0.1, 0.15) is 11.6 Å². The first-order valence-electron chi connectivity index (χ1n) is 4.46. The molecule has 0 spiro atoms. The third-order valence-electron chi connectivity index (χ3n) is 2.35. The minimum absolute atomic E-state index is 0.657. The first-order valence-corrected chi connectivity index (χ1v) is 4.46. The molecule has 0 unspecified atom stereocenters. The van der Waals surface area contributed by atoms with Gasteiger partial charge >= 0.3 is 0 Å². The number of anilines is 2. The predicted octanol–water partition coefficient (Wildman–Crippen LogP) is 0.518. The van der Waals surface area contributed by atoms with Gasteiger partial charge in [0.15, 0.2) is 0 Å². The molecule has 14 heavy (non-hydrogen) atoms. The number of aromatic nitrogens is 4. The molecular weight excluding hydrogens is 180 g/mol. The molecule has 0 aromatic carbocycles. The Morgan fingerprint density at radius 1 is 0.929 bits per heavy atom. The first-order chi connectivity index (χ1) is 6.93. The van der Waals surface area contributed by atoms with Crippen LogP contribution in [0.15, 0.2) is 12.4 Å². The lowest BCUT2D eigenvalue weighted by Crippen LogP contribution is -2.16. The molecule has 3 rings (SSSR count). The smallest absolute Gasteiger partial charge is 0.126 e. The molecule has 1 aliphatic heterocycles. The fourth-order valence-corrected chi connectivity index (χ4v) is 1.62. The van der Waals surface area contributed by atoms with Crippen LogP contribution in [0.3, 0.4) is 0 Å². The Labute approximate surface area is 80.1 Å². The van der Waals surface area contributed by atoms with Gasteiger partial charge in [-0.25, -0.2) is 0 Å². The summed E-state index contributed by atoms with van der Waals surface area (Å²) in [6, 6.07) is 0. The maximum absolute atomic E-state index is 4.00. The van der Waals surface area contributed by atoms with Crippen LogP contribution in [0.1, 0.15) is 11.1 Å². The van der Waals surface area contributed by atoms with Gasteiger partial charge in [-0.15, -0.1) is 0 Å². The highest BCUT2D eigenvalue weighted by Crippen LogP contribution is 2.22. The summed E-state index contributed by atoms with van der Waals surface area (Å²) >= 11 is 0. The van der Waals surface area contributed by atoms with Crippen molar-refractivity contribution in [3.05, 3.63) is 23.5 Å². The lowest BCUT2D eigenvalue weighted by Gasteiger charge is -2.13. The van der Waals surface area contributed by atoms with Gasteiger partial charge in [-0.05, 0) is 0 Å². The van der Waals surface area contributed by atoms with E-state index in [0.29, 0.717) is 6.67 Å². The van der Waals surface area contributed by atoms with E-state index in [1.54, 1.807) is 0 Å². The molecule has 2 aromatic heterocycles. The molecule has 0 fully saturated rings. The molecule has 0 bridgehead atoms. The molecule has 3 heterocycles. The molecule has 2 aromatic rings. The number of aromatic amines is 2. The van der Waals surface area contributed by atoms with E-state index < -0.39 is 0 Å². The number of fused-ring (bicyclic) bond motifs is 2. The Hall–Kier alpha value is -1.98. The summed E-state index contributed by atoms with van der Waals surface area (Å²) in [6.45, 7) is 0.657. The Morgan fingerprint density at radius 2 is 1.50 bits per heavy atom. The summed E-state index contributed by atoms with van der Waals surface area (Å²) in [5.74, 6) is 1.95. The van der Waals surface area contributed by atoms with E-state index >= 15 is 0 Å². The molecule has 6 heteroatoms. The molecule has 0 radical (unpaired) electrons. The molecule has 0 saturated heterocycles. The number of nitrogens with one attached hydrogen (secondary N) is 4. The van der Waals surface area contributed by atoms with Crippen molar-refractivity contribution in [2.45, 2.75) is 6.42 Å². The van der Waals surface area contributed by atoms with E-state index in [0.717, 1.165) is 29.2 Å². The van der Waals surface area contributed by atoms with Crippen molar-refractivity contribution in [1.82, 2.24) is 20.4 Å². The number of nitrogens with zero attached hydrogens (tertiary/aromatic N) is 2. The van der Waals surface area contributed by atoms with Crippen LogP contribution in [-0.2, 0) is 6.42 Å². The van der Waals surface area contributed by atoms with Crippen molar-refractivity contribution in [2.24, 2.45) is 0 Å². The van der Waals surface area contributed by atoms with Crippen LogP contribution in [-0.4, -0.2) is 27.1 Å². The topological polar surface area (TPSA) is 81.4 Å². The summed E-state index contributed by atoms with van der Waals surface area (Å²) in [7, 11) is 0. The van der Waals surface area contributed by atoms with E-state index in [1.807, 2.05) is 12.4 Å². The zero-order valence-corrected chi connectivity index (χ0v) is 7.46. The standard InChI is InChI=1S/C8H10N6/c1-5-2-11-13-7(5)9-4-10-8-6(1)3-12-14-8/h2-3H,1,4H2,(H2,9,11,13)(H2,10,12,14). The second-order valence-corrected chi connectivity index (χ2v) is 3.25. The zero-order chi connectivity index (χ0) is 9.38. The lowest BCUT2D eigenvalue weighted by molar-refractivity contribution is 1.04. The average Bonchev–Trinajstić information content (AvgIpc) is 2.75. The minimum atomic E-state index is 0.657. The molecule has 0 saturated carbocycles. The van der Waals surface area contributed by atoms with E-state index in [-0.39, 0.29) is 0 Å². The monoisotopic (exact) mass is 190 g/mol. The summed E-state index contributed by atoms with van der Waals surface area (Å²) in [6.07, 6.45) is 4.51. The predicted molar refractivity (Wildman–Crippen MR) is 52.1 cm³/mol. The SMILES string of the molecule is c1n[nH]c2c1Cc1cn[nH]c1NCN2. The molecule has 0 aliphatic carbocycles. The second-order valence-electron chi connectivity index (χ2n) is 3.25. The Bertz CT molecular complexity index is 402. The third kappa shape index (κ3) is 1.04. The molecule has 6 nitrogen and oxygen atoms in total. The van der Waals surface area contributed by atoms with Crippen molar-refractivity contribution >= 4 is 11.6 Å². The van der Waals surface area contributed by atoms with Crippen LogP contribution in [0.2, 0.25) is 0 Å². The average molecular weight is 190 g/mol. The first kappa shape index (κ1) is 7.43. The van der Waals surface area contributed by atoms with Gasteiger partial charge in [0, 0.05) is 17.5 Å². The molecule has 1 aliphatic rings. The highest BCUT2D eigenvalue weighted by molar-refractivity contribution is 5.53. The summed E-state index contributed by atoms with van der Waals surface area (Å²) in [5.41, 5.74) is 2.32. The van der Waals surface area contributed by atoms with Gasteiger partial charge in [0.25, 0.3) is 0 Å². The van der Waals surface area contributed by atoms with Gasteiger partial charge < -0.3 is 10.6 Å². The Morgan fingerprint density at radius 3 is 2.07 bits per heavy atom. The quantitative estimate of drug-likeness (QED) is 0.488. The van der Waals surface area contributed by atoms with Crippen molar-refractivity contribution in [2.75, 3.05) is 17.3 Å². The number of hydrogen-bond acceptors (Lipinski definition) is 4. The molecular formula is C8H10N6. The maximum Gasteiger partial charge on any atom is 0.126 e. The zero-order valence-electron chi connectivity index (χ0n) is 7.46. The van der Waals surface area contributed by atoms with Crippen LogP contribution in [0, 0.1) is 0 Å². The van der Waals surface area contributed by atoms with Gasteiger partial charge in [-0.1, -0.05) is 0 Å². The Kier molecular flexibility index (Phi) is 1.46. The third-order valence-corrected chi connectivity index (χ3v) is 2.35. The fourth-order valence-electron chi connectivity index (χ4n) is 1.62. The number of hydrogen-bond donors (Lipinski definition) is 4. The van der Waals surface area contributed by atoms with E-state index in [2.05, 4.69) is 31.0 Å². The number of rotatable bonds is 0. The second kappa shape index (κ2) is 2.76. The summed E-state index contributed by atoms with van der Waals surface area (Å²) in [5, 5.41) is 20.2. The highest BCUT2D eigenvalue weighted by atomic mass is 15.3. The van der Waals surface area contributed by atoms with Gasteiger partial charge in [-0.3, -0.25) is 10.2 Å².